The van der Waals surface area contributed by atoms with E-state index in [1.54, 1.807) is 7.11 Å². The quantitative estimate of drug-likeness (QED) is 0.469. The fraction of sp³-hybridized carbons (Fsp3) is 0.929. The number of piperidine rings is 1. The summed E-state index contributed by atoms with van der Waals surface area (Å²) in [6.07, 6.45) is 1.98. The lowest BCUT2D eigenvalue weighted by molar-refractivity contribution is -0.148. The SMILES string of the molecule is COCCOCCOCCOC(=O)C1CC(C)CCN1. The number of rotatable bonds is 10. The molecule has 0 saturated carbocycles. The zero-order chi connectivity index (χ0) is 14.6. The van der Waals surface area contributed by atoms with Crippen molar-refractivity contribution in [2.45, 2.75) is 25.8 Å². The summed E-state index contributed by atoms with van der Waals surface area (Å²) in [5.41, 5.74) is 0. The molecule has 1 fully saturated rings. The maximum atomic E-state index is 11.8. The first-order valence-corrected chi connectivity index (χ1v) is 7.28. The first-order valence-electron chi connectivity index (χ1n) is 7.28. The van der Waals surface area contributed by atoms with Gasteiger partial charge in [-0.25, -0.2) is 0 Å². The lowest BCUT2D eigenvalue weighted by Crippen LogP contribution is -2.44. The van der Waals surface area contributed by atoms with Crippen LogP contribution in [0, 0.1) is 5.92 Å². The van der Waals surface area contributed by atoms with Gasteiger partial charge in [0.2, 0.25) is 0 Å². The van der Waals surface area contributed by atoms with E-state index in [1.807, 2.05) is 0 Å². The molecular formula is C14H27NO5. The molecule has 20 heavy (non-hydrogen) atoms. The first kappa shape index (κ1) is 17.4. The standard InChI is InChI=1S/C14H27NO5/c1-12-3-4-15-13(11-12)14(16)20-10-9-19-8-7-18-6-5-17-2/h12-13,15H,3-11H2,1-2H3. The second kappa shape index (κ2) is 11.0. The third kappa shape index (κ3) is 7.79. The fourth-order valence-electron chi connectivity index (χ4n) is 2.05. The van der Waals surface area contributed by atoms with E-state index in [2.05, 4.69) is 12.2 Å². The van der Waals surface area contributed by atoms with E-state index in [0.29, 0.717) is 45.6 Å². The van der Waals surface area contributed by atoms with Crippen molar-refractivity contribution in [2.75, 3.05) is 53.3 Å². The van der Waals surface area contributed by atoms with Gasteiger partial charge in [-0.2, -0.15) is 0 Å². The van der Waals surface area contributed by atoms with Crippen molar-refractivity contribution in [3.63, 3.8) is 0 Å². The number of methoxy groups -OCH3 is 1. The second-order valence-electron chi connectivity index (χ2n) is 5.02. The molecule has 2 atom stereocenters. The van der Waals surface area contributed by atoms with Crippen LogP contribution in [-0.2, 0) is 23.7 Å². The van der Waals surface area contributed by atoms with Gasteiger partial charge in [-0.15, -0.1) is 0 Å². The van der Waals surface area contributed by atoms with Crippen LogP contribution < -0.4 is 5.32 Å². The Kier molecular flexibility index (Phi) is 9.57. The topological polar surface area (TPSA) is 66.0 Å². The molecule has 1 N–H and O–H groups in total. The van der Waals surface area contributed by atoms with Crippen LogP contribution in [0.1, 0.15) is 19.8 Å². The molecule has 0 spiro atoms. The Balaban J connectivity index is 1.91. The molecular weight excluding hydrogens is 262 g/mol. The van der Waals surface area contributed by atoms with Gasteiger partial charge < -0.3 is 24.3 Å². The number of ether oxygens (including phenoxy) is 4. The highest BCUT2D eigenvalue weighted by atomic mass is 16.6. The minimum Gasteiger partial charge on any atom is -0.462 e. The Morgan fingerprint density at radius 2 is 1.75 bits per heavy atom. The molecule has 1 aliphatic rings. The molecule has 0 aromatic rings. The van der Waals surface area contributed by atoms with Crippen molar-refractivity contribution >= 4 is 5.97 Å². The van der Waals surface area contributed by atoms with Gasteiger partial charge in [0.15, 0.2) is 0 Å². The Morgan fingerprint density at radius 3 is 2.40 bits per heavy atom. The van der Waals surface area contributed by atoms with E-state index in [-0.39, 0.29) is 12.0 Å². The zero-order valence-electron chi connectivity index (χ0n) is 12.6. The molecule has 0 aromatic heterocycles. The van der Waals surface area contributed by atoms with Crippen LogP contribution in [0.25, 0.3) is 0 Å². The van der Waals surface area contributed by atoms with Crippen LogP contribution in [-0.4, -0.2) is 65.3 Å². The Hall–Kier alpha value is -0.690. The predicted molar refractivity (Wildman–Crippen MR) is 74.7 cm³/mol. The Morgan fingerprint density at radius 1 is 1.10 bits per heavy atom. The van der Waals surface area contributed by atoms with Gasteiger partial charge in [0.1, 0.15) is 12.6 Å². The predicted octanol–water partition coefficient (Wildman–Crippen LogP) is 0.597. The van der Waals surface area contributed by atoms with Crippen LogP contribution in [0.15, 0.2) is 0 Å². The Bertz CT molecular complexity index is 262. The van der Waals surface area contributed by atoms with Crippen LogP contribution >= 0.6 is 0 Å². The highest BCUT2D eigenvalue weighted by molar-refractivity contribution is 5.75. The molecule has 0 aliphatic carbocycles. The van der Waals surface area contributed by atoms with Crippen molar-refractivity contribution in [3.8, 4) is 0 Å². The molecule has 0 aromatic carbocycles. The number of nitrogens with one attached hydrogen (secondary N) is 1. The number of carbonyl (C=O) groups excluding carboxylic acids is 1. The summed E-state index contributed by atoms with van der Waals surface area (Å²) in [7, 11) is 1.64. The van der Waals surface area contributed by atoms with Gasteiger partial charge in [0.25, 0.3) is 0 Å². The number of esters is 1. The molecule has 1 aliphatic heterocycles. The molecule has 118 valence electrons. The molecule has 1 heterocycles. The minimum absolute atomic E-state index is 0.156. The lowest BCUT2D eigenvalue weighted by atomic mass is 9.94. The summed E-state index contributed by atoms with van der Waals surface area (Å²) in [6, 6.07) is -0.156. The molecule has 1 saturated heterocycles. The molecule has 0 radical (unpaired) electrons. The number of carbonyl (C=O) groups is 1. The summed E-state index contributed by atoms with van der Waals surface area (Å²) in [4.78, 5) is 11.8. The molecule has 2 unspecified atom stereocenters. The summed E-state index contributed by atoms with van der Waals surface area (Å²) in [5, 5.41) is 3.18. The number of hydrogen-bond donors (Lipinski definition) is 1. The monoisotopic (exact) mass is 289 g/mol. The van der Waals surface area contributed by atoms with Crippen LogP contribution in [0.5, 0.6) is 0 Å². The molecule has 6 nitrogen and oxygen atoms in total. The van der Waals surface area contributed by atoms with Crippen molar-refractivity contribution in [2.24, 2.45) is 5.92 Å². The third-order valence-corrected chi connectivity index (χ3v) is 3.23. The van der Waals surface area contributed by atoms with Gasteiger partial charge in [-0.05, 0) is 25.3 Å². The zero-order valence-corrected chi connectivity index (χ0v) is 12.6. The van der Waals surface area contributed by atoms with Gasteiger partial charge >= 0.3 is 5.97 Å². The molecule has 0 amide bonds. The van der Waals surface area contributed by atoms with Gasteiger partial charge in [-0.3, -0.25) is 4.79 Å². The normalized spacial score (nSPS) is 22.7. The van der Waals surface area contributed by atoms with Crippen LogP contribution in [0.2, 0.25) is 0 Å². The van der Waals surface area contributed by atoms with Crippen molar-refractivity contribution in [3.05, 3.63) is 0 Å². The smallest absolute Gasteiger partial charge is 0.323 e. The first-order chi connectivity index (χ1) is 9.74. The maximum Gasteiger partial charge on any atom is 0.323 e. The second-order valence-corrected chi connectivity index (χ2v) is 5.02. The van der Waals surface area contributed by atoms with Crippen molar-refractivity contribution in [1.29, 1.82) is 0 Å². The highest BCUT2D eigenvalue weighted by Crippen LogP contribution is 2.15. The summed E-state index contributed by atoms with van der Waals surface area (Å²) in [5.74, 6) is 0.408. The fourth-order valence-corrected chi connectivity index (χ4v) is 2.05. The average Bonchev–Trinajstić information content (AvgIpc) is 2.45. The van der Waals surface area contributed by atoms with Gasteiger partial charge in [0, 0.05) is 7.11 Å². The lowest BCUT2D eigenvalue weighted by Gasteiger charge is -2.26. The van der Waals surface area contributed by atoms with Crippen molar-refractivity contribution < 1.29 is 23.7 Å². The van der Waals surface area contributed by atoms with E-state index in [9.17, 15) is 4.79 Å². The van der Waals surface area contributed by atoms with E-state index in [4.69, 9.17) is 18.9 Å². The van der Waals surface area contributed by atoms with Crippen LogP contribution in [0.3, 0.4) is 0 Å². The van der Waals surface area contributed by atoms with Crippen molar-refractivity contribution in [1.82, 2.24) is 5.32 Å². The maximum absolute atomic E-state index is 11.8. The number of hydrogen-bond acceptors (Lipinski definition) is 6. The van der Waals surface area contributed by atoms with Gasteiger partial charge in [-0.1, -0.05) is 6.92 Å². The summed E-state index contributed by atoms with van der Waals surface area (Å²) < 4.78 is 20.6. The Labute approximate surface area is 121 Å². The van der Waals surface area contributed by atoms with E-state index >= 15 is 0 Å². The van der Waals surface area contributed by atoms with E-state index in [1.165, 1.54) is 0 Å². The highest BCUT2D eigenvalue weighted by Gasteiger charge is 2.25. The largest absolute Gasteiger partial charge is 0.462 e. The molecule has 0 bridgehead atoms. The van der Waals surface area contributed by atoms with E-state index in [0.717, 1.165) is 19.4 Å². The van der Waals surface area contributed by atoms with Gasteiger partial charge in [0.05, 0.1) is 33.0 Å². The third-order valence-electron chi connectivity index (χ3n) is 3.23. The van der Waals surface area contributed by atoms with Crippen LogP contribution in [0.4, 0.5) is 0 Å². The molecule has 6 heteroatoms. The van der Waals surface area contributed by atoms with E-state index < -0.39 is 0 Å². The summed E-state index contributed by atoms with van der Waals surface area (Å²) in [6.45, 7) is 5.93. The minimum atomic E-state index is -0.170. The average molecular weight is 289 g/mol. The molecule has 1 rings (SSSR count). The summed E-state index contributed by atoms with van der Waals surface area (Å²) >= 11 is 0.